The fourth-order valence-electron chi connectivity index (χ4n) is 3.10. The third-order valence-corrected chi connectivity index (χ3v) is 5.96. The standard InChI is InChI=1S/C18H21F3N4O3S/c1-2-22-16(27)25-9-7-24(8-10-25)14(26)11-17(28,18(19,20)21)15-23-12-5-3-4-6-13(12)29-15/h3-6,28H,2,7-11H2,1H3,(H,22,27). The molecule has 11 heteroatoms. The van der Waals surface area contributed by atoms with Crippen molar-refractivity contribution in [2.24, 2.45) is 0 Å². The number of benzene rings is 1. The molecule has 1 saturated heterocycles. The average Bonchev–Trinajstić information content (AvgIpc) is 3.12. The molecular formula is C18H21F3N4O3S. The number of aliphatic hydroxyl groups is 1. The third-order valence-electron chi connectivity index (χ3n) is 4.77. The molecule has 1 aliphatic heterocycles. The van der Waals surface area contributed by atoms with E-state index in [0.717, 1.165) is 0 Å². The average molecular weight is 430 g/mol. The molecule has 3 rings (SSSR count). The number of fused-ring (bicyclic) bond motifs is 1. The van der Waals surface area contributed by atoms with E-state index in [0.29, 0.717) is 28.1 Å². The van der Waals surface area contributed by atoms with E-state index >= 15 is 0 Å². The van der Waals surface area contributed by atoms with Gasteiger partial charge in [-0.2, -0.15) is 13.2 Å². The molecule has 0 saturated carbocycles. The number of hydrogen-bond donors (Lipinski definition) is 2. The summed E-state index contributed by atoms with van der Waals surface area (Å²) in [6.45, 7) is 2.86. The smallest absolute Gasteiger partial charge is 0.374 e. The van der Waals surface area contributed by atoms with E-state index in [4.69, 9.17) is 0 Å². The van der Waals surface area contributed by atoms with Crippen LogP contribution in [0.15, 0.2) is 24.3 Å². The summed E-state index contributed by atoms with van der Waals surface area (Å²) in [5.74, 6) is -0.834. The van der Waals surface area contributed by atoms with Crippen LogP contribution in [0.5, 0.6) is 0 Å². The Kier molecular flexibility index (Phi) is 5.99. The van der Waals surface area contributed by atoms with Gasteiger partial charge in [0.2, 0.25) is 11.5 Å². The molecule has 1 atom stereocenters. The van der Waals surface area contributed by atoms with Crippen molar-refractivity contribution in [3.05, 3.63) is 29.3 Å². The van der Waals surface area contributed by atoms with Crippen molar-refractivity contribution in [2.45, 2.75) is 25.1 Å². The first-order valence-corrected chi connectivity index (χ1v) is 9.93. The number of aromatic nitrogens is 1. The normalized spacial score (nSPS) is 17.3. The molecule has 158 valence electrons. The van der Waals surface area contributed by atoms with Crippen molar-refractivity contribution in [3.63, 3.8) is 0 Å². The van der Waals surface area contributed by atoms with Crippen LogP contribution in [0, 0.1) is 0 Å². The van der Waals surface area contributed by atoms with E-state index < -0.39 is 29.1 Å². The first kappa shape index (κ1) is 21.3. The summed E-state index contributed by atoms with van der Waals surface area (Å²) in [4.78, 5) is 31.1. The highest BCUT2D eigenvalue weighted by Gasteiger charge is 2.58. The minimum absolute atomic E-state index is 0.101. The largest absolute Gasteiger partial charge is 0.424 e. The van der Waals surface area contributed by atoms with Gasteiger partial charge in [0.25, 0.3) is 0 Å². The second-order valence-electron chi connectivity index (χ2n) is 6.72. The van der Waals surface area contributed by atoms with E-state index in [-0.39, 0.29) is 32.2 Å². The van der Waals surface area contributed by atoms with Gasteiger partial charge in [-0.1, -0.05) is 12.1 Å². The number of nitrogens with one attached hydrogen (secondary N) is 1. The van der Waals surface area contributed by atoms with Crippen molar-refractivity contribution in [2.75, 3.05) is 32.7 Å². The van der Waals surface area contributed by atoms with Crippen LogP contribution in [0.3, 0.4) is 0 Å². The molecule has 0 spiro atoms. The Hall–Kier alpha value is -2.40. The highest BCUT2D eigenvalue weighted by atomic mass is 32.1. The van der Waals surface area contributed by atoms with Crippen LogP contribution >= 0.6 is 11.3 Å². The molecule has 0 bridgehead atoms. The van der Waals surface area contributed by atoms with Gasteiger partial charge in [0.1, 0.15) is 5.01 Å². The lowest BCUT2D eigenvalue weighted by molar-refractivity contribution is -0.268. The molecule has 1 fully saturated rings. The highest BCUT2D eigenvalue weighted by Crippen LogP contribution is 2.44. The van der Waals surface area contributed by atoms with Gasteiger partial charge < -0.3 is 20.2 Å². The summed E-state index contributed by atoms with van der Waals surface area (Å²) >= 11 is 0.716. The number of carbonyl (C=O) groups excluding carboxylic acids is 2. The Morgan fingerprint density at radius 3 is 2.38 bits per heavy atom. The van der Waals surface area contributed by atoms with Crippen LogP contribution in [0.2, 0.25) is 0 Å². The molecule has 2 N–H and O–H groups in total. The number of amides is 3. The van der Waals surface area contributed by atoms with Gasteiger partial charge >= 0.3 is 12.2 Å². The lowest BCUT2D eigenvalue weighted by atomic mass is 9.98. The molecule has 7 nitrogen and oxygen atoms in total. The first-order valence-electron chi connectivity index (χ1n) is 9.11. The van der Waals surface area contributed by atoms with Crippen molar-refractivity contribution >= 4 is 33.5 Å². The first-order chi connectivity index (χ1) is 13.7. The van der Waals surface area contributed by atoms with Gasteiger partial charge in [-0.15, -0.1) is 11.3 Å². The summed E-state index contributed by atoms with van der Waals surface area (Å²) in [5, 5.41) is 12.6. The third kappa shape index (κ3) is 4.30. The molecule has 29 heavy (non-hydrogen) atoms. The number of nitrogens with zero attached hydrogens (tertiary/aromatic N) is 3. The Morgan fingerprint density at radius 1 is 1.17 bits per heavy atom. The van der Waals surface area contributed by atoms with Gasteiger partial charge in [-0.05, 0) is 19.1 Å². The fraction of sp³-hybridized carbons (Fsp3) is 0.500. The summed E-state index contributed by atoms with van der Waals surface area (Å²) in [6, 6.07) is 6.18. The minimum Gasteiger partial charge on any atom is -0.374 e. The summed E-state index contributed by atoms with van der Waals surface area (Å²) in [6.07, 6.45) is -6.23. The molecule has 1 aromatic heterocycles. The number of thiazole rings is 1. The Bertz CT molecular complexity index is 863. The number of carbonyl (C=O) groups is 2. The van der Waals surface area contributed by atoms with Gasteiger partial charge in [0.15, 0.2) is 0 Å². The zero-order valence-corrected chi connectivity index (χ0v) is 16.5. The molecule has 0 aliphatic carbocycles. The topological polar surface area (TPSA) is 85.8 Å². The number of urea groups is 1. The molecule has 0 radical (unpaired) electrons. The van der Waals surface area contributed by atoms with Crippen LogP contribution in [-0.2, 0) is 10.4 Å². The van der Waals surface area contributed by atoms with Crippen LogP contribution in [0.25, 0.3) is 10.2 Å². The van der Waals surface area contributed by atoms with Gasteiger partial charge in [-0.25, -0.2) is 9.78 Å². The van der Waals surface area contributed by atoms with E-state index in [9.17, 15) is 27.9 Å². The summed E-state index contributed by atoms with van der Waals surface area (Å²) in [7, 11) is 0. The zero-order chi connectivity index (χ0) is 21.2. The number of para-hydroxylation sites is 1. The van der Waals surface area contributed by atoms with Crippen molar-refractivity contribution in [3.8, 4) is 0 Å². The van der Waals surface area contributed by atoms with Crippen LogP contribution in [0.1, 0.15) is 18.4 Å². The number of alkyl halides is 3. The number of piperazine rings is 1. The maximum atomic E-state index is 13.8. The van der Waals surface area contributed by atoms with Gasteiger partial charge in [-0.3, -0.25) is 4.79 Å². The van der Waals surface area contributed by atoms with E-state index in [2.05, 4.69) is 10.3 Å². The van der Waals surface area contributed by atoms with Crippen LogP contribution in [0.4, 0.5) is 18.0 Å². The number of rotatable bonds is 4. The quantitative estimate of drug-likeness (QED) is 0.780. The molecule has 1 aromatic carbocycles. The molecule has 3 amide bonds. The number of hydrogen-bond acceptors (Lipinski definition) is 5. The zero-order valence-electron chi connectivity index (χ0n) is 15.7. The molecule has 2 heterocycles. The molecular weight excluding hydrogens is 409 g/mol. The predicted molar refractivity (Wildman–Crippen MR) is 101 cm³/mol. The Morgan fingerprint density at radius 2 is 1.79 bits per heavy atom. The second kappa shape index (κ2) is 8.15. The minimum atomic E-state index is -5.07. The second-order valence-corrected chi connectivity index (χ2v) is 7.76. The lowest BCUT2D eigenvalue weighted by Crippen LogP contribution is -2.55. The lowest BCUT2D eigenvalue weighted by Gasteiger charge is -2.36. The molecule has 2 aromatic rings. The summed E-state index contributed by atoms with van der Waals surface area (Å²) in [5.41, 5.74) is -3.04. The maximum Gasteiger partial charge on any atom is 0.424 e. The van der Waals surface area contributed by atoms with E-state index in [1.54, 1.807) is 31.2 Å². The molecule has 1 aliphatic rings. The van der Waals surface area contributed by atoms with E-state index in [1.807, 2.05) is 0 Å². The maximum absolute atomic E-state index is 13.8. The van der Waals surface area contributed by atoms with Gasteiger partial charge in [0.05, 0.1) is 16.6 Å². The number of halogens is 3. The predicted octanol–water partition coefficient (Wildman–Crippen LogP) is 2.31. The molecule has 1 unspecified atom stereocenters. The van der Waals surface area contributed by atoms with Gasteiger partial charge in [0, 0.05) is 32.7 Å². The SMILES string of the molecule is CCNC(=O)N1CCN(C(=O)CC(O)(c2nc3ccccc3s2)C(F)(F)F)CC1. The fourth-order valence-corrected chi connectivity index (χ4v) is 4.17. The van der Waals surface area contributed by atoms with Crippen molar-refractivity contribution < 1.29 is 27.9 Å². The van der Waals surface area contributed by atoms with Crippen molar-refractivity contribution in [1.82, 2.24) is 20.1 Å². The van der Waals surface area contributed by atoms with E-state index in [1.165, 1.54) is 9.80 Å². The Balaban J connectivity index is 1.76. The van der Waals surface area contributed by atoms with Crippen molar-refractivity contribution in [1.29, 1.82) is 0 Å². The summed E-state index contributed by atoms with van der Waals surface area (Å²) < 4.78 is 41.8. The van der Waals surface area contributed by atoms with Crippen LogP contribution < -0.4 is 5.32 Å². The highest BCUT2D eigenvalue weighted by molar-refractivity contribution is 7.18. The van der Waals surface area contributed by atoms with Crippen LogP contribution in [-0.4, -0.2) is 70.7 Å². The monoisotopic (exact) mass is 430 g/mol. The Labute approximate surface area is 169 Å².